The van der Waals surface area contributed by atoms with Crippen LogP contribution in [-0.4, -0.2) is 67.7 Å². The molecule has 0 aliphatic carbocycles. The average Bonchev–Trinajstić information content (AvgIpc) is 3.23. The van der Waals surface area contributed by atoms with Crippen molar-refractivity contribution in [3.05, 3.63) is 34.7 Å². The van der Waals surface area contributed by atoms with Crippen molar-refractivity contribution >= 4 is 23.1 Å². The molecule has 0 unspecified atom stereocenters. The van der Waals surface area contributed by atoms with Crippen molar-refractivity contribution in [2.75, 3.05) is 52.4 Å². The highest BCUT2D eigenvalue weighted by Gasteiger charge is 2.13. The van der Waals surface area contributed by atoms with E-state index in [-0.39, 0.29) is 12.5 Å². The Kier molecular flexibility index (Phi) is 7.90. The number of methoxy groups -OCH3 is 2. The molecule has 0 aromatic carbocycles. The number of amides is 1. The first-order chi connectivity index (χ1) is 11.7. The molecule has 2 rings (SSSR count). The Labute approximate surface area is 146 Å². The topological polar surface area (TPSA) is 68.6 Å². The minimum Gasteiger partial charge on any atom is -0.383 e. The Hall–Kier alpha value is -1.74. The van der Waals surface area contributed by atoms with Crippen LogP contribution in [0.4, 0.5) is 5.82 Å². The fourth-order valence-corrected chi connectivity index (χ4v) is 2.90. The van der Waals surface area contributed by atoms with Gasteiger partial charge in [-0.25, -0.2) is 4.68 Å². The summed E-state index contributed by atoms with van der Waals surface area (Å²) >= 11 is 1.67. The molecule has 7 nitrogen and oxygen atoms in total. The number of nitrogens with zero attached hydrogens (tertiary/aromatic N) is 3. The van der Waals surface area contributed by atoms with E-state index in [1.54, 1.807) is 42.5 Å². The van der Waals surface area contributed by atoms with Crippen molar-refractivity contribution in [2.45, 2.75) is 6.54 Å². The normalized spacial score (nSPS) is 11.1. The number of aromatic nitrogens is 2. The lowest BCUT2D eigenvalue weighted by molar-refractivity contribution is -0.117. The van der Waals surface area contributed by atoms with Gasteiger partial charge in [-0.15, -0.1) is 11.3 Å². The third-order valence-corrected chi connectivity index (χ3v) is 4.32. The standard InChI is InChI=1S/C16H24N4O3S/c1-22-9-7-19(8-10-23-2)13-16(21)18-15-5-6-17-20(15)12-14-4-3-11-24-14/h3-6,11H,7-10,12-13H2,1-2H3,(H,18,21). The van der Waals surface area contributed by atoms with Gasteiger partial charge in [0, 0.05) is 38.3 Å². The molecule has 8 heteroatoms. The van der Waals surface area contributed by atoms with E-state index in [0.717, 1.165) is 0 Å². The van der Waals surface area contributed by atoms with Gasteiger partial charge in [0.25, 0.3) is 0 Å². The second kappa shape index (κ2) is 10.2. The van der Waals surface area contributed by atoms with E-state index < -0.39 is 0 Å². The number of hydrogen-bond donors (Lipinski definition) is 1. The van der Waals surface area contributed by atoms with Crippen molar-refractivity contribution in [1.29, 1.82) is 0 Å². The van der Waals surface area contributed by atoms with Crippen LogP contribution in [0.3, 0.4) is 0 Å². The van der Waals surface area contributed by atoms with Gasteiger partial charge in [0.15, 0.2) is 0 Å². The monoisotopic (exact) mass is 352 g/mol. The Morgan fingerprint density at radius 2 is 2.04 bits per heavy atom. The summed E-state index contributed by atoms with van der Waals surface area (Å²) < 4.78 is 12.0. The number of carbonyl (C=O) groups is 1. The summed E-state index contributed by atoms with van der Waals surface area (Å²) in [6.45, 7) is 3.46. The number of thiophene rings is 1. The molecule has 0 aliphatic heterocycles. The molecular weight excluding hydrogens is 328 g/mol. The third-order valence-electron chi connectivity index (χ3n) is 3.46. The number of nitrogens with one attached hydrogen (secondary N) is 1. The van der Waals surface area contributed by atoms with Gasteiger partial charge in [0.05, 0.1) is 32.5 Å². The molecule has 132 valence electrons. The van der Waals surface area contributed by atoms with E-state index >= 15 is 0 Å². The quantitative estimate of drug-likeness (QED) is 0.664. The summed E-state index contributed by atoms with van der Waals surface area (Å²) in [4.78, 5) is 15.5. The number of anilines is 1. The van der Waals surface area contributed by atoms with Crippen molar-refractivity contribution in [2.24, 2.45) is 0 Å². The molecule has 0 atom stereocenters. The largest absolute Gasteiger partial charge is 0.383 e. The first-order valence-corrected chi connectivity index (χ1v) is 8.65. The van der Waals surface area contributed by atoms with Gasteiger partial charge in [0.1, 0.15) is 5.82 Å². The summed E-state index contributed by atoms with van der Waals surface area (Å²) in [5, 5.41) is 9.23. The summed E-state index contributed by atoms with van der Waals surface area (Å²) in [6, 6.07) is 5.86. The predicted molar refractivity (Wildman–Crippen MR) is 94.5 cm³/mol. The average molecular weight is 352 g/mol. The fourth-order valence-electron chi connectivity index (χ4n) is 2.21. The van der Waals surface area contributed by atoms with E-state index in [9.17, 15) is 4.79 Å². The van der Waals surface area contributed by atoms with Crippen LogP contribution in [0.5, 0.6) is 0 Å². The molecule has 24 heavy (non-hydrogen) atoms. The van der Waals surface area contributed by atoms with Crippen LogP contribution in [-0.2, 0) is 20.8 Å². The van der Waals surface area contributed by atoms with Gasteiger partial charge >= 0.3 is 0 Å². The van der Waals surface area contributed by atoms with Crippen LogP contribution in [0.2, 0.25) is 0 Å². The smallest absolute Gasteiger partial charge is 0.239 e. The zero-order valence-electron chi connectivity index (χ0n) is 14.1. The molecule has 0 fully saturated rings. The Morgan fingerprint density at radius 3 is 2.67 bits per heavy atom. The lowest BCUT2D eigenvalue weighted by Gasteiger charge is -2.21. The second-order valence-electron chi connectivity index (χ2n) is 5.26. The predicted octanol–water partition coefficient (Wildman–Crippen LogP) is 1.53. The number of ether oxygens (including phenoxy) is 2. The van der Waals surface area contributed by atoms with E-state index in [2.05, 4.69) is 16.5 Å². The van der Waals surface area contributed by atoms with Gasteiger partial charge < -0.3 is 14.8 Å². The minimum atomic E-state index is -0.0739. The highest BCUT2D eigenvalue weighted by Crippen LogP contribution is 2.14. The molecule has 2 heterocycles. The first-order valence-electron chi connectivity index (χ1n) is 7.77. The highest BCUT2D eigenvalue weighted by molar-refractivity contribution is 7.09. The first kappa shape index (κ1) is 18.6. The summed E-state index contributed by atoms with van der Waals surface area (Å²) in [6.07, 6.45) is 1.69. The van der Waals surface area contributed by atoms with Crippen molar-refractivity contribution < 1.29 is 14.3 Å². The molecule has 2 aromatic heterocycles. The van der Waals surface area contributed by atoms with Gasteiger partial charge in [-0.2, -0.15) is 5.10 Å². The third kappa shape index (κ3) is 6.04. The summed E-state index contributed by atoms with van der Waals surface area (Å²) in [5.41, 5.74) is 0. The minimum absolute atomic E-state index is 0.0739. The lowest BCUT2D eigenvalue weighted by atomic mass is 10.4. The Bertz CT molecular complexity index is 592. The zero-order chi connectivity index (χ0) is 17.2. The van der Waals surface area contributed by atoms with Crippen molar-refractivity contribution in [1.82, 2.24) is 14.7 Å². The SMILES string of the molecule is COCCN(CCOC)CC(=O)Nc1ccnn1Cc1cccs1. The van der Waals surface area contributed by atoms with Gasteiger partial charge in [-0.05, 0) is 11.4 Å². The molecule has 0 radical (unpaired) electrons. The Morgan fingerprint density at radius 1 is 1.29 bits per heavy atom. The van der Waals surface area contributed by atoms with Crippen molar-refractivity contribution in [3.8, 4) is 0 Å². The number of hydrogen-bond acceptors (Lipinski definition) is 6. The molecule has 1 amide bonds. The number of carbonyl (C=O) groups excluding carboxylic acids is 1. The van der Waals surface area contributed by atoms with Crippen LogP contribution in [0.15, 0.2) is 29.8 Å². The molecule has 0 bridgehead atoms. The lowest BCUT2D eigenvalue weighted by Crippen LogP contribution is -2.37. The molecule has 0 saturated carbocycles. The maximum Gasteiger partial charge on any atom is 0.239 e. The Balaban J connectivity index is 1.89. The van der Waals surface area contributed by atoms with E-state index in [4.69, 9.17) is 9.47 Å². The highest BCUT2D eigenvalue weighted by atomic mass is 32.1. The summed E-state index contributed by atoms with van der Waals surface area (Å²) in [5.74, 6) is 0.627. The van der Waals surface area contributed by atoms with Gasteiger partial charge in [0.2, 0.25) is 5.91 Å². The van der Waals surface area contributed by atoms with Crippen LogP contribution >= 0.6 is 11.3 Å². The van der Waals surface area contributed by atoms with Crippen LogP contribution in [0.25, 0.3) is 0 Å². The van der Waals surface area contributed by atoms with E-state index in [1.165, 1.54) is 4.88 Å². The molecule has 0 spiro atoms. The molecular formula is C16H24N4O3S. The van der Waals surface area contributed by atoms with Crippen LogP contribution < -0.4 is 5.32 Å². The van der Waals surface area contributed by atoms with E-state index in [1.807, 2.05) is 16.3 Å². The van der Waals surface area contributed by atoms with E-state index in [0.29, 0.717) is 38.7 Å². The maximum atomic E-state index is 12.3. The molecule has 1 N–H and O–H groups in total. The van der Waals surface area contributed by atoms with Gasteiger partial charge in [-0.1, -0.05) is 6.07 Å². The van der Waals surface area contributed by atoms with Gasteiger partial charge in [-0.3, -0.25) is 9.69 Å². The number of rotatable bonds is 11. The van der Waals surface area contributed by atoms with Crippen molar-refractivity contribution in [3.63, 3.8) is 0 Å². The second-order valence-corrected chi connectivity index (χ2v) is 6.30. The zero-order valence-corrected chi connectivity index (χ0v) is 14.9. The maximum absolute atomic E-state index is 12.3. The van der Waals surface area contributed by atoms with Crippen LogP contribution in [0, 0.1) is 0 Å². The fraction of sp³-hybridized carbons (Fsp3) is 0.500. The molecule has 0 aliphatic rings. The molecule has 2 aromatic rings. The summed E-state index contributed by atoms with van der Waals surface area (Å²) in [7, 11) is 3.30. The van der Waals surface area contributed by atoms with Crippen LogP contribution in [0.1, 0.15) is 4.88 Å². The molecule has 0 saturated heterocycles.